The first kappa shape index (κ1) is 20.4. The lowest BCUT2D eigenvalue weighted by molar-refractivity contribution is -0.141. The number of aryl methyl sites for hydroxylation is 1. The molecule has 1 atom stereocenters. The van der Waals surface area contributed by atoms with Crippen LogP contribution in [0, 0.1) is 11.8 Å². The maximum atomic E-state index is 12.9. The first-order chi connectivity index (χ1) is 14.3. The van der Waals surface area contributed by atoms with Crippen molar-refractivity contribution in [3.8, 4) is 0 Å². The average molecular weight is 412 g/mol. The van der Waals surface area contributed by atoms with Crippen LogP contribution >= 0.6 is 0 Å². The van der Waals surface area contributed by atoms with E-state index in [2.05, 4.69) is 24.6 Å². The molecule has 160 valence electrons. The summed E-state index contributed by atoms with van der Waals surface area (Å²) >= 11 is 0. The van der Waals surface area contributed by atoms with Crippen LogP contribution in [0.3, 0.4) is 0 Å². The summed E-state index contributed by atoms with van der Waals surface area (Å²) in [7, 11) is 0. The van der Waals surface area contributed by atoms with E-state index in [1.807, 2.05) is 24.3 Å². The number of imide groups is 1. The molecule has 1 unspecified atom stereocenters. The quantitative estimate of drug-likeness (QED) is 0.740. The molecule has 1 aromatic rings. The molecule has 8 heteroatoms. The Bertz CT molecular complexity index is 874. The van der Waals surface area contributed by atoms with E-state index < -0.39 is 29.3 Å². The van der Waals surface area contributed by atoms with E-state index in [1.165, 1.54) is 5.56 Å². The van der Waals surface area contributed by atoms with Crippen LogP contribution in [-0.2, 0) is 20.8 Å². The number of nitrogens with one attached hydrogen (secondary N) is 2. The fourth-order valence-corrected chi connectivity index (χ4v) is 4.56. The highest BCUT2D eigenvalue weighted by Gasteiger charge is 2.53. The molecule has 2 N–H and O–H groups in total. The summed E-state index contributed by atoms with van der Waals surface area (Å²) in [4.78, 5) is 52.1. The molecule has 0 aromatic heterocycles. The number of amides is 5. The fourth-order valence-electron chi connectivity index (χ4n) is 4.56. The second-order valence-corrected chi connectivity index (χ2v) is 8.74. The molecule has 30 heavy (non-hydrogen) atoms. The van der Waals surface area contributed by atoms with E-state index in [1.54, 1.807) is 4.90 Å². The van der Waals surface area contributed by atoms with Gasteiger partial charge >= 0.3 is 6.03 Å². The van der Waals surface area contributed by atoms with Gasteiger partial charge in [0.2, 0.25) is 11.8 Å². The highest BCUT2D eigenvalue weighted by molar-refractivity contribution is 6.08. The monoisotopic (exact) mass is 412 g/mol. The molecule has 8 nitrogen and oxygen atoms in total. The molecular formula is C22H28N4O4. The summed E-state index contributed by atoms with van der Waals surface area (Å²) in [6, 6.07) is 7.09. The van der Waals surface area contributed by atoms with Crippen molar-refractivity contribution in [2.24, 2.45) is 11.8 Å². The Labute approximate surface area is 175 Å². The first-order valence-corrected chi connectivity index (χ1v) is 10.7. The zero-order valence-corrected chi connectivity index (χ0v) is 17.4. The Morgan fingerprint density at radius 2 is 1.83 bits per heavy atom. The number of nitrogens with zero attached hydrogens (tertiary/aromatic N) is 2. The van der Waals surface area contributed by atoms with Crippen LogP contribution in [0.2, 0.25) is 0 Å². The minimum absolute atomic E-state index is 0.0493. The number of benzene rings is 1. The normalized spacial score (nSPS) is 28.9. The largest absolute Gasteiger partial charge is 0.344 e. The van der Waals surface area contributed by atoms with E-state index >= 15 is 0 Å². The third kappa shape index (κ3) is 3.55. The van der Waals surface area contributed by atoms with Gasteiger partial charge < -0.3 is 10.2 Å². The highest BCUT2D eigenvalue weighted by Crippen LogP contribution is 2.36. The Morgan fingerprint density at radius 1 is 1.17 bits per heavy atom. The number of urea groups is 1. The van der Waals surface area contributed by atoms with Gasteiger partial charge in [-0.3, -0.25) is 19.8 Å². The maximum absolute atomic E-state index is 12.9. The van der Waals surface area contributed by atoms with Crippen molar-refractivity contribution in [2.75, 3.05) is 11.4 Å². The average Bonchev–Trinajstić information content (AvgIpc) is 3.24. The minimum Gasteiger partial charge on any atom is -0.322 e. The molecule has 2 saturated heterocycles. The zero-order valence-electron chi connectivity index (χ0n) is 17.4. The van der Waals surface area contributed by atoms with Crippen LogP contribution in [0.4, 0.5) is 10.5 Å². The first-order valence-electron chi connectivity index (χ1n) is 10.7. The lowest BCUT2D eigenvalue weighted by atomic mass is 9.77. The van der Waals surface area contributed by atoms with E-state index in [9.17, 15) is 19.2 Å². The standard InChI is InChI=1S/C22H28N4O4/c1-3-15-4-6-17(7-5-15)25-13-16(12-18(25)27)19(28)24-26-20(29)22(23-21(26)30)10-8-14(2)9-11-22/h4-7,14,16H,3,8-13H2,1-2H3,(H,23,30)(H,24,28). The van der Waals surface area contributed by atoms with Crippen LogP contribution in [0.1, 0.15) is 51.5 Å². The van der Waals surface area contributed by atoms with Crippen LogP contribution in [0.5, 0.6) is 0 Å². The number of rotatable bonds is 4. The van der Waals surface area contributed by atoms with Crippen molar-refractivity contribution in [2.45, 2.75) is 57.9 Å². The van der Waals surface area contributed by atoms with Gasteiger partial charge in [0.1, 0.15) is 5.54 Å². The summed E-state index contributed by atoms with van der Waals surface area (Å²) in [6.45, 7) is 4.42. The van der Waals surface area contributed by atoms with Gasteiger partial charge in [-0.05, 0) is 55.7 Å². The zero-order chi connectivity index (χ0) is 21.5. The van der Waals surface area contributed by atoms with Gasteiger partial charge in [-0.15, -0.1) is 0 Å². The smallest absolute Gasteiger partial charge is 0.322 e. The van der Waals surface area contributed by atoms with Crippen molar-refractivity contribution in [1.29, 1.82) is 0 Å². The topological polar surface area (TPSA) is 98.8 Å². The Balaban J connectivity index is 1.41. The molecule has 1 spiro atoms. The van der Waals surface area contributed by atoms with Crippen molar-refractivity contribution in [3.05, 3.63) is 29.8 Å². The highest BCUT2D eigenvalue weighted by atomic mass is 16.2. The van der Waals surface area contributed by atoms with Gasteiger partial charge in [0.15, 0.2) is 0 Å². The van der Waals surface area contributed by atoms with Crippen molar-refractivity contribution in [3.63, 3.8) is 0 Å². The van der Waals surface area contributed by atoms with Crippen LogP contribution in [0.15, 0.2) is 24.3 Å². The summed E-state index contributed by atoms with van der Waals surface area (Å²) in [6.07, 6.45) is 3.83. The molecule has 1 aromatic carbocycles. The molecule has 3 aliphatic rings. The molecule has 2 heterocycles. The van der Waals surface area contributed by atoms with Crippen LogP contribution in [0.25, 0.3) is 0 Å². The van der Waals surface area contributed by atoms with Crippen molar-refractivity contribution < 1.29 is 19.2 Å². The number of hydrogen-bond acceptors (Lipinski definition) is 4. The molecule has 4 rings (SSSR count). The number of hydrogen-bond donors (Lipinski definition) is 2. The lowest BCUT2D eigenvalue weighted by Crippen LogP contribution is -2.52. The molecule has 0 bridgehead atoms. The van der Waals surface area contributed by atoms with Gasteiger partial charge in [-0.1, -0.05) is 26.0 Å². The molecule has 1 aliphatic carbocycles. The number of anilines is 1. The molecule has 5 amide bonds. The second-order valence-electron chi connectivity index (χ2n) is 8.74. The Morgan fingerprint density at radius 3 is 2.47 bits per heavy atom. The Hall–Kier alpha value is -2.90. The van der Waals surface area contributed by atoms with E-state index in [0.29, 0.717) is 18.8 Å². The fraction of sp³-hybridized carbons (Fsp3) is 0.545. The third-order valence-corrected chi connectivity index (χ3v) is 6.66. The lowest BCUT2D eigenvalue weighted by Gasteiger charge is -2.33. The number of hydrazine groups is 1. The molecule has 3 fully saturated rings. The summed E-state index contributed by atoms with van der Waals surface area (Å²) in [5.74, 6) is -1.13. The van der Waals surface area contributed by atoms with Gasteiger partial charge in [0.05, 0.1) is 5.92 Å². The number of carbonyl (C=O) groups excluding carboxylic acids is 4. The predicted octanol–water partition coefficient (Wildman–Crippen LogP) is 2.13. The number of carbonyl (C=O) groups is 4. The third-order valence-electron chi connectivity index (χ3n) is 6.66. The van der Waals surface area contributed by atoms with Gasteiger partial charge in [0, 0.05) is 18.7 Å². The minimum atomic E-state index is -0.907. The maximum Gasteiger partial charge on any atom is 0.344 e. The van der Waals surface area contributed by atoms with Gasteiger partial charge in [-0.2, -0.15) is 5.01 Å². The molecule has 1 saturated carbocycles. The Kier molecular flexibility index (Phi) is 5.26. The molecular weight excluding hydrogens is 384 g/mol. The van der Waals surface area contributed by atoms with E-state index in [4.69, 9.17) is 0 Å². The van der Waals surface area contributed by atoms with Gasteiger partial charge in [-0.25, -0.2) is 4.79 Å². The SMILES string of the molecule is CCc1ccc(N2CC(C(=O)NN3C(=O)NC4(CCC(C)CC4)C3=O)CC2=O)cc1. The molecule has 0 radical (unpaired) electrons. The van der Waals surface area contributed by atoms with Gasteiger partial charge in [0.25, 0.3) is 5.91 Å². The van der Waals surface area contributed by atoms with Crippen LogP contribution < -0.4 is 15.6 Å². The summed E-state index contributed by atoms with van der Waals surface area (Å²) in [5, 5.41) is 3.59. The molecule has 2 aliphatic heterocycles. The second kappa shape index (κ2) is 7.74. The van der Waals surface area contributed by atoms with Crippen LogP contribution in [-0.4, -0.2) is 40.8 Å². The summed E-state index contributed by atoms with van der Waals surface area (Å²) < 4.78 is 0. The van der Waals surface area contributed by atoms with Crippen molar-refractivity contribution >= 4 is 29.4 Å². The van der Waals surface area contributed by atoms with Crippen molar-refractivity contribution in [1.82, 2.24) is 15.8 Å². The predicted molar refractivity (Wildman–Crippen MR) is 110 cm³/mol. The van der Waals surface area contributed by atoms with E-state index in [-0.39, 0.29) is 18.9 Å². The summed E-state index contributed by atoms with van der Waals surface area (Å²) in [5.41, 5.74) is 3.48. The van der Waals surface area contributed by atoms with E-state index in [0.717, 1.165) is 30.0 Å².